The summed E-state index contributed by atoms with van der Waals surface area (Å²) in [6.07, 6.45) is 1.65. The third-order valence-corrected chi connectivity index (χ3v) is 4.91. The number of aliphatic imine (C=N–C) groups is 1. The van der Waals surface area contributed by atoms with Crippen molar-refractivity contribution < 1.29 is 18.7 Å². The number of hydrogen-bond donors (Lipinski definition) is 0. The first-order valence-corrected chi connectivity index (χ1v) is 9.54. The molecule has 7 heteroatoms. The molecule has 1 aliphatic rings. The maximum absolute atomic E-state index is 13.3. The van der Waals surface area contributed by atoms with Crippen LogP contribution >= 0.6 is 45.2 Å². The highest BCUT2D eigenvalue weighted by Crippen LogP contribution is 2.30. The zero-order chi connectivity index (χ0) is 18.0. The minimum absolute atomic E-state index is 0.103. The molecule has 2 aromatic carbocycles. The Morgan fingerprint density at radius 3 is 2.60 bits per heavy atom. The molecule has 0 saturated carbocycles. The molecule has 0 aliphatic carbocycles. The summed E-state index contributed by atoms with van der Waals surface area (Å²) in [7, 11) is 0. The first-order valence-electron chi connectivity index (χ1n) is 7.38. The highest BCUT2D eigenvalue weighted by molar-refractivity contribution is 14.1. The van der Waals surface area contributed by atoms with Gasteiger partial charge in [0, 0.05) is 5.56 Å². The number of esters is 1. The third-order valence-electron chi connectivity index (χ3n) is 3.30. The normalized spacial score (nSPS) is 15.3. The second kappa shape index (κ2) is 7.81. The Morgan fingerprint density at radius 1 is 1.24 bits per heavy atom. The van der Waals surface area contributed by atoms with E-state index in [1.807, 2.05) is 19.1 Å². The molecule has 0 spiro atoms. The second-order valence-electron chi connectivity index (χ2n) is 5.09. The van der Waals surface area contributed by atoms with Crippen molar-refractivity contribution in [3.05, 3.63) is 66.2 Å². The summed E-state index contributed by atoms with van der Waals surface area (Å²) in [6.45, 7) is 2.51. The lowest BCUT2D eigenvalue weighted by molar-refractivity contribution is -0.129. The standard InChI is InChI=1S/C18H12FI2NO3/c1-2-24-16-13(20)6-10(7-14(16)21)8-15-18(23)25-17(22-15)11-4-3-5-12(19)9-11/h3-9H,2H2,1H3/b15-8-. The van der Waals surface area contributed by atoms with Gasteiger partial charge in [0.25, 0.3) is 0 Å². The van der Waals surface area contributed by atoms with Gasteiger partial charge >= 0.3 is 5.97 Å². The van der Waals surface area contributed by atoms with Gasteiger partial charge in [0.1, 0.15) is 11.6 Å². The van der Waals surface area contributed by atoms with Crippen LogP contribution in [-0.4, -0.2) is 18.5 Å². The van der Waals surface area contributed by atoms with E-state index >= 15 is 0 Å². The number of halogens is 3. The van der Waals surface area contributed by atoms with Gasteiger partial charge in [0.05, 0.1) is 13.7 Å². The molecule has 128 valence electrons. The fourth-order valence-electron chi connectivity index (χ4n) is 2.26. The molecule has 0 amide bonds. The van der Waals surface area contributed by atoms with Crippen molar-refractivity contribution in [3.8, 4) is 5.75 Å². The van der Waals surface area contributed by atoms with Crippen molar-refractivity contribution in [3.63, 3.8) is 0 Å². The fraction of sp³-hybridized carbons (Fsp3) is 0.111. The molecular weight excluding hydrogens is 551 g/mol. The van der Waals surface area contributed by atoms with Crippen LogP contribution in [0.2, 0.25) is 0 Å². The van der Waals surface area contributed by atoms with Crippen LogP contribution in [-0.2, 0) is 9.53 Å². The van der Waals surface area contributed by atoms with Gasteiger partial charge in [-0.1, -0.05) is 6.07 Å². The van der Waals surface area contributed by atoms with Crippen LogP contribution in [0.5, 0.6) is 5.75 Å². The summed E-state index contributed by atoms with van der Waals surface area (Å²) in [5.41, 5.74) is 1.41. The number of cyclic esters (lactones) is 1. The van der Waals surface area contributed by atoms with E-state index in [0.717, 1.165) is 18.5 Å². The summed E-state index contributed by atoms with van der Waals surface area (Å²) >= 11 is 4.38. The first-order chi connectivity index (χ1) is 12.0. The van der Waals surface area contributed by atoms with E-state index in [2.05, 4.69) is 50.2 Å². The van der Waals surface area contributed by atoms with Crippen molar-refractivity contribution in [2.24, 2.45) is 4.99 Å². The van der Waals surface area contributed by atoms with Gasteiger partial charge in [-0.15, -0.1) is 0 Å². The van der Waals surface area contributed by atoms with E-state index in [9.17, 15) is 9.18 Å². The Kier molecular flexibility index (Phi) is 5.72. The third kappa shape index (κ3) is 4.20. The molecule has 0 unspecified atom stereocenters. The maximum Gasteiger partial charge on any atom is 0.363 e. The molecule has 25 heavy (non-hydrogen) atoms. The van der Waals surface area contributed by atoms with Crippen LogP contribution in [0.1, 0.15) is 18.1 Å². The van der Waals surface area contributed by atoms with Crippen molar-refractivity contribution in [1.82, 2.24) is 0 Å². The predicted octanol–water partition coefficient (Wildman–Crippen LogP) is 4.78. The van der Waals surface area contributed by atoms with Gasteiger partial charge in [-0.2, -0.15) is 0 Å². The molecule has 1 heterocycles. The molecule has 2 aromatic rings. The predicted molar refractivity (Wildman–Crippen MR) is 110 cm³/mol. The molecule has 0 radical (unpaired) electrons. The van der Waals surface area contributed by atoms with Gasteiger partial charge in [0.15, 0.2) is 5.70 Å². The van der Waals surface area contributed by atoms with Gasteiger partial charge in [0.2, 0.25) is 5.90 Å². The molecule has 0 atom stereocenters. The summed E-state index contributed by atoms with van der Waals surface area (Å²) in [5.74, 6) is -0.0441. The minimum Gasteiger partial charge on any atom is -0.492 e. The topological polar surface area (TPSA) is 47.9 Å². The van der Waals surface area contributed by atoms with Crippen LogP contribution in [0.4, 0.5) is 4.39 Å². The molecule has 0 fully saturated rings. The number of carbonyl (C=O) groups is 1. The number of rotatable bonds is 4. The van der Waals surface area contributed by atoms with E-state index in [1.165, 1.54) is 12.1 Å². The van der Waals surface area contributed by atoms with Crippen LogP contribution in [0.3, 0.4) is 0 Å². The summed E-state index contributed by atoms with van der Waals surface area (Å²) in [6, 6.07) is 9.59. The lowest BCUT2D eigenvalue weighted by Gasteiger charge is -2.09. The lowest BCUT2D eigenvalue weighted by Crippen LogP contribution is -2.05. The van der Waals surface area contributed by atoms with Crippen LogP contribution in [0.15, 0.2) is 47.1 Å². The van der Waals surface area contributed by atoms with Crippen LogP contribution < -0.4 is 4.74 Å². The van der Waals surface area contributed by atoms with Crippen LogP contribution in [0, 0.1) is 13.0 Å². The Balaban J connectivity index is 1.94. The van der Waals surface area contributed by atoms with Gasteiger partial charge < -0.3 is 9.47 Å². The zero-order valence-electron chi connectivity index (χ0n) is 13.1. The monoisotopic (exact) mass is 563 g/mol. The molecule has 0 aromatic heterocycles. The van der Waals surface area contributed by atoms with Gasteiger partial charge in [-0.3, -0.25) is 0 Å². The number of hydrogen-bond acceptors (Lipinski definition) is 4. The first kappa shape index (κ1) is 18.3. The minimum atomic E-state index is -0.557. The Morgan fingerprint density at radius 2 is 1.96 bits per heavy atom. The Hall–Kier alpha value is -1.49. The highest BCUT2D eigenvalue weighted by Gasteiger charge is 2.24. The van der Waals surface area contributed by atoms with Crippen molar-refractivity contribution >= 4 is 63.1 Å². The van der Waals surface area contributed by atoms with E-state index in [4.69, 9.17) is 9.47 Å². The van der Waals surface area contributed by atoms with E-state index < -0.39 is 11.8 Å². The number of nitrogens with zero attached hydrogens (tertiary/aromatic N) is 1. The van der Waals surface area contributed by atoms with E-state index in [-0.39, 0.29) is 11.6 Å². The molecule has 0 bridgehead atoms. The molecule has 1 aliphatic heterocycles. The average Bonchev–Trinajstić information content (AvgIpc) is 2.92. The fourth-order valence-corrected chi connectivity index (χ4v) is 4.38. The van der Waals surface area contributed by atoms with E-state index in [0.29, 0.717) is 12.2 Å². The van der Waals surface area contributed by atoms with Gasteiger partial charge in [-0.05, 0) is 94.1 Å². The summed E-state index contributed by atoms with van der Waals surface area (Å²) in [4.78, 5) is 16.3. The zero-order valence-corrected chi connectivity index (χ0v) is 17.4. The Labute approximate surface area is 171 Å². The average molecular weight is 563 g/mol. The SMILES string of the molecule is CCOc1c(I)cc(/C=C2\N=C(c3cccc(F)c3)OC2=O)cc1I. The molecule has 0 saturated heterocycles. The van der Waals surface area contributed by atoms with Crippen molar-refractivity contribution in [2.45, 2.75) is 6.92 Å². The number of ether oxygens (including phenoxy) is 2. The molecule has 0 N–H and O–H groups in total. The maximum atomic E-state index is 13.3. The van der Waals surface area contributed by atoms with Gasteiger partial charge in [-0.25, -0.2) is 14.2 Å². The van der Waals surface area contributed by atoms with Crippen molar-refractivity contribution in [2.75, 3.05) is 6.61 Å². The largest absolute Gasteiger partial charge is 0.492 e. The number of carbonyl (C=O) groups excluding carboxylic acids is 1. The Bertz CT molecular complexity index is 886. The number of benzene rings is 2. The molecule has 3 rings (SSSR count). The summed E-state index contributed by atoms with van der Waals surface area (Å²) < 4.78 is 26.0. The van der Waals surface area contributed by atoms with Crippen LogP contribution in [0.25, 0.3) is 6.08 Å². The highest BCUT2D eigenvalue weighted by atomic mass is 127. The molecule has 4 nitrogen and oxygen atoms in total. The van der Waals surface area contributed by atoms with Crippen molar-refractivity contribution in [1.29, 1.82) is 0 Å². The summed E-state index contributed by atoms with van der Waals surface area (Å²) in [5, 5.41) is 0. The lowest BCUT2D eigenvalue weighted by atomic mass is 10.2. The second-order valence-corrected chi connectivity index (χ2v) is 7.42. The smallest absolute Gasteiger partial charge is 0.363 e. The molecular formula is C18H12FI2NO3. The quantitative estimate of drug-likeness (QED) is 0.306. The van der Waals surface area contributed by atoms with E-state index in [1.54, 1.807) is 18.2 Å².